The van der Waals surface area contributed by atoms with Gasteiger partial charge in [0.1, 0.15) is 0 Å². The molecule has 234 valence electrons. The van der Waals surface area contributed by atoms with Crippen molar-refractivity contribution in [2.75, 3.05) is 51.0 Å². The predicted octanol–water partition coefficient (Wildman–Crippen LogP) is 4.46. The van der Waals surface area contributed by atoms with Gasteiger partial charge < -0.3 is 25.1 Å². The van der Waals surface area contributed by atoms with Crippen LogP contribution in [0, 0.1) is 20.8 Å². The molecule has 2 saturated heterocycles. The van der Waals surface area contributed by atoms with E-state index in [0.717, 1.165) is 103 Å². The highest BCUT2D eigenvalue weighted by atomic mass is 16.5. The number of hydrogen-bond donors (Lipinski definition) is 2. The van der Waals surface area contributed by atoms with Crippen LogP contribution in [0.25, 0.3) is 11.1 Å². The molecule has 1 amide bonds. The molecule has 3 aliphatic rings. The Balaban J connectivity index is 1.52. The van der Waals surface area contributed by atoms with Crippen LogP contribution in [-0.2, 0) is 28.7 Å². The van der Waals surface area contributed by atoms with Crippen molar-refractivity contribution in [1.29, 1.82) is 0 Å². The maximum Gasteiger partial charge on any atom is 0.251 e. The highest BCUT2D eigenvalue weighted by molar-refractivity contribution is 5.99. The topological polar surface area (TPSA) is 101 Å². The number of morpholine rings is 1. The minimum Gasteiger partial charge on any atom is -0.381 e. The van der Waals surface area contributed by atoms with Gasteiger partial charge in [-0.05, 0) is 104 Å². The first-order valence-corrected chi connectivity index (χ1v) is 16.2. The van der Waals surface area contributed by atoms with E-state index in [9.17, 15) is 9.59 Å². The Morgan fingerprint density at radius 3 is 2.36 bits per heavy atom. The Morgan fingerprint density at radius 1 is 0.977 bits per heavy atom. The third-order valence-corrected chi connectivity index (χ3v) is 10.0. The minimum atomic E-state index is -0.433. The van der Waals surface area contributed by atoms with Crippen LogP contribution < -0.4 is 16.2 Å². The molecule has 2 aromatic carbocycles. The summed E-state index contributed by atoms with van der Waals surface area (Å²) in [6, 6.07) is 11.5. The summed E-state index contributed by atoms with van der Waals surface area (Å²) in [5.41, 5.74) is 16.9. The van der Waals surface area contributed by atoms with Gasteiger partial charge >= 0.3 is 0 Å². The zero-order valence-corrected chi connectivity index (χ0v) is 26.6. The molecular weight excluding hydrogens is 552 g/mol. The van der Waals surface area contributed by atoms with Gasteiger partial charge in [0, 0.05) is 73.9 Å². The van der Waals surface area contributed by atoms with Crippen molar-refractivity contribution in [2.45, 2.75) is 71.9 Å². The molecule has 3 aromatic rings. The van der Waals surface area contributed by atoms with Crippen molar-refractivity contribution in [3.05, 3.63) is 85.3 Å². The largest absolute Gasteiger partial charge is 0.381 e. The summed E-state index contributed by atoms with van der Waals surface area (Å²) >= 11 is 0. The molecule has 1 aromatic heterocycles. The summed E-state index contributed by atoms with van der Waals surface area (Å²) in [6.07, 6.45) is 4.32. The van der Waals surface area contributed by atoms with Crippen LogP contribution in [0.1, 0.15) is 69.2 Å². The fourth-order valence-corrected chi connectivity index (χ4v) is 7.74. The number of benzene rings is 2. The van der Waals surface area contributed by atoms with Gasteiger partial charge in [-0.15, -0.1) is 0 Å². The smallest absolute Gasteiger partial charge is 0.251 e. The number of carbonyl (C=O) groups is 1. The summed E-state index contributed by atoms with van der Waals surface area (Å²) in [7, 11) is 0. The molecule has 8 heteroatoms. The molecule has 0 bridgehead atoms. The first kappa shape index (κ1) is 30.6. The standard InChI is InChI=1S/C36H46N4O4/c1-5-40(28-8-12-43-13-9-28)34-24(4)31(35(37)41)21-32(33(34)20-30-22(2)16-23(3)38-36(30)42)26-7-6-25-18-29(19-27(25)17-26)39-10-14-44-15-11-39/h6-7,16-17,21,28-29H,5,8-15,18-20H2,1-4H3,(H2,37,41)(H,38,42). The van der Waals surface area contributed by atoms with Crippen LogP contribution in [0.5, 0.6) is 0 Å². The van der Waals surface area contributed by atoms with Crippen LogP contribution in [-0.4, -0.2) is 73.9 Å². The number of amides is 1. The molecule has 2 fully saturated rings. The van der Waals surface area contributed by atoms with E-state index in [1.165, 1.54) is 11.1 Å². The number of hydrogen-bond acceptors (Lipinski definition) is 6. The number of aromatic nitrogens is 1. The van der Waals surface area contributed by atoms with Crippen molar-refractivity contribution in [3.8, 4) is 11.1 Å². The molecule has 1 aliphatic carbocycles. The van der Waals surface area contributed by atoms with E-state index in [1.807, 2.05) is 32.9 Å². The molecule has 6 rings (SSSR count). The molecule has 3 N–H and O–H groups in total. The number of pyridine rings is 1. The lowest BCUT2D eigenvalue weighted by Crippen LogP contribution is -2.43. The number of aryl methyl sites for hydroxylation is 2. The van der Waals surface area contributed by atoms with E-state index >= 15 is 0 Å². The maximum absolute atomic E-state index is 13.4. The van der Waals surface area contributed by atoms with Gasteiger partial charge in [0.15, 0.2) is 0 Å². The van der Waals surface area contributed by atoms with Crippen molar-refractivity contribution in [2.24, 2.45) is 5.73 Å². The average Bonchev–Trinajstić information content (AvgIpc) is 3.45. The SMILES string of the molecule is CCN(c1c(C)c(C(N)=O)cc(-c2ccc3c(c2)CC(N2CCOCC2)C3)c1Cc1c(C)cc(C)[nH]c1=O)C1CCOCC1. The van der Waals surface area contributed by atoms with Gasteiger partial charge in [-0.1, -0.05) is 18.2 Å². The summed E-state index contributed by atoms with van der Waals surface area (Å²) < 4.78 is 11.3. The minimum absolute atomic E-state index is 0.0625. The molecule has 44 heavy (non-hydrogen) atoms. The average molecular weight is 599 g/mol. The number of nitrogens with one attached hydrogen (secondary N) is 1. The second-order valence-corrected chi connectivity index (χ2v) is 12.7. The monoisotopic (exact) mass is 598 g/mol. The number of H-pyrrole nitrogens is 1. The first-order valence-electron chi connectivity index (χ1n) is 16.2. The lowest BCUT2D eigenvalue weighted by molar-refractivity contribution is 0.0187. The van der Waals surface area contributed by atoms with Gasteiger partial charge in [0.05, 0.1) is 13.2 Å². The number of nitrogens with zero attached hydrogens (tertiary/aromatic N) is 2. The second kappa shape index (κ2) is 12.9. The first-order chi connectivity index (χ1) is 21.2. The fraction of sp³-hybridized carbons (Fsp3) is 0.500. The van der Waals surface area contributed by atoms with Gasteiger partial charge in [-0.2, -0.15) is 0 Å². The Hall–Kier alpha value is -3.46. The molecule has 0 radical (unpaired) electrons. The Labute approximate surface area is 260 Å². The second-order valence-electron chi connectivity index (χ2n) is 12.7. The van der Waals surface area contributed by atoms with Crippen LogP contribution >= 0.6 is 0 Å². The molecule has 0 saturated carbocycles. The van der Waals surface area contributed by atoms with E-state index < -0.39 is 5.91 Å². The van der Waals surface area contributed by atoms with Crippen molar-refractivity contribution in [1.82, 2.24) is 9.88 Å². The zero-order chi connectivity index (χ0) is 31.0. The van der Waals surface area contributed by atoms with E-state index in [0.29, 0.717) is 31.2 Å². The fourth-order valence-electron chi connectivity index (χ4n) is 7.74. The number of ether oxygens (including phenoxy) is 2. The number of rotatable bonds is 8. The summed E-state index contributed by atoms with van der Waals surface area (Å²) in [5, 5.41) is 0. The summed E-state index contributed by atoms with van der Waals surface area (Å²) in [5.74, 6) is -0.433. The molecule has 1 atom stereocenters. The van der Waals surface area contributed by atoms with E-state index in [1.54, 1.807) is 0 Å². The molecule has 3 heterocycles. The lowest BCUT2D eigenvalue weighted by Gasteiger charge is -2.38. The highest BCUT2D eigenvalue weighted by Crippen LogP contribution is 2.41. The van der Waals surface area contributed by atoms with Crippen molar-refractivity contribution >= 4 is 11.6 Å². The van der Waals surface area contributed by atoms with E-state index in [-0.39, 0.29) is 11.6 Å². The Kier molecular flexibility index (Phi) is 8.94. The number of carbonyl (C=O) groups excluding carboxylic acids is 1. The van der Waals surface area contributed by atoms with Gasteiger partial charge in [0.2, 0.25) is 5.91 Å². The molecule has 2 aliphatic heterocycles. The number of primary amides is 1. The predicted molar refractivity (Wildman–Crippen MR) is 175 cm³/mol. The lowest BCUT2D eigenvalue weighted by atomic mass is 9.86. The number of aromatic amines is 1. The quantitative estimate of drug-likeness (QED) is 0.397. The number of fused-ring (bicyclic) bond motifs is 1. The highest BCUT2D eigenvalue weighted by Gasteiger charge is 2.31. The normalized spacial score (nSPS) is 19.2. The molecule has 8 nitrogen and oxygen atoms in total. The zero-order valence-electron chi connectivity index (χ0n) is 26.6. The van der Waals surface area contributed by atoms with Crippen LogP contribution in [0.4, 0.5) is 5.69 Å². The third-order valence-electron chi connectivity index (χ3n) is 10.0. The van der Waals surface area contributed by atoms with Crippen molar-refractivity contribution < 1.29 is 14.3 Å². The number of nitrogens with two attached hydrogens (primary N) is 1. The van der Waals surface area contributed by atoms with Gasteiger partial charge in [-0.25, -0.2) is 0 Å². The summed E-state index contributed by atoms with van der Waals surface area (Å²) in [6.45, 7) is 13.8. The van der Waals surface area contributed by atoms with Crippen molar-refractivity contribution in [3.63, 3.8) is 0 Å². The van der Waals surface area contributed by atoms with Crippen LogP contribution in [0.2, 0.25) is 0 Å². The van der Waals surface area contributed by atoms with E-state index in [2.05, 4.69) is 39.9 Å². The molecule has 1 unspecified atom stereocenters. The number of anilines is 1. The third kappa shape index (κ3) is 5.95. The molecular formula is C36H46N4O4. The van der Waals surface area contributed by atoms with Gasteiger partial charge in [-0.3, -0.25) is 14.5 Å². The van der Waals surface area contributed by atoms with Gasteiger partial charge in [0.25, 0.3) is 5.56 Å². The molecule has 0 spiro atoms. The Morgan fingerprint density at radius 2 is 1.68 bits per heavy atom. The maximum atomic E-state index is 13.4. The van der Waals surface area contributed by atoms with Crippen LogP contribution in [0.15, 0.2) is 35.1 Å². The van der Waals surface area contributed by atoms with E-state index in [4.69, 9.17) is 15.2 Å². The van der Waals surface area contributed by atoms with Crippen LogP contribution in [0.3, 0.4) is 0 Å². The summed E-state index contributed by atoms with van der Waals surface area (Å²) in [4.78, 5) is 34.4. The Bertz CT molecular complexity index is 1600.